The van der Waals surface area contributed by atoms with Crippen molar-refractivity contribution in [2.45, 2.75) is 32.9 Å². The summed E-state index contributed by atoms with van der Waals surface area (Å²) in [5, 5.41) is 12.4. The number of carbonyl (C=O) groups excluding carboxylic acids is 1. The summed E-state index contributed by atoms with van der Waals surface area (Å²) >= 11 is 12.3. The van der Waals surface area contributed by atoms with Crippen LogP contribution in [0.15, 0.2) is 48.7 Å². The lowest BCUT2D eigenvalue weighted by atomic mass is 10.0. The van der Waals surface area contributed by atoms with Gasteiger partial charge in [0.1, 0.15) is 11.9 Å². The van der Waals surface area contributed by atoms with Crippen LogP contribution in [-0.4, -0.2) is 28.6 Å². The van der Waals surface area contributed by atoms with E-state index >= 15 is 0 Å². The fourth-order valence-electron chi connectivity index (χ4n) is 3.36. The van der Waals surface area contributed by atoms with Gasteiger partial charge in [0, 0.05) is 27.9 Å². The zero-order chi connectivity index (χ0) is 25.0. The van der Waals surface area contributed by atoms with Crippen LogP contribution in [0.2, 0.25) is 10.0 Å². The number of benzene rings is 2. The summed E-state index contributed by atoms with van der Waals surface area (Å²) in [7, 11) is 0. The monoisotopic (exact) mass is 505 g/mol. The fourth-order valence-corrected chi connectivity index (χ4v) is 4.04. The number of nitrogens with two attached hydrogens (primary N) is 1. The molecular formula is C25H26Cl2FN3O3. The Kier molecular flexibility index (Phi) is 8.36. The molecule has 0 fully saturated rings. The van der Waals surface area contributed by atoms with Gasteiger partial charge in [-0.15, -0.1) is 0 Å². The molecule has 1 amide bonds. The van der Waals surface area contributed by atoms with Crippen LogP contribution in [0.3, 0.4) is 0 Å². The van der Waals surface area contributed by atoms with Gasteiger partial charge in [-0.2, -0.15) is 0 Å². The van der Waals surface area contributed by atoms with Gasteiger partial charge in [0.15, 0.2) is 11.6 Å². The number of nitrogens with one attached hydrogen (secondary N) is 1. The van der Waals surface area contributed by atoms with Gasteiger partial charge in [0.25, 0.3) is 5.91 Å². The second-order valence-corrected chi connectivity index (χ2v) is 8.99. The van der Waals surface area contributed by atoms with Crippen LogP contribution in [0.4, 0.5) is 10.2 Å². The molecule has 1 heterocycles. The van der Waals surface area contributed by atoms with Crippen molar-refractivity contribution in [1.82, 2.24) is 10.3 Å². The first-order valence-corrected chi connectivity index (χ1v) is 11.5. The van der Waals surface area contributed by atoms with Crippen molar-refractivity contribution in [2.75, 3.05) is 12.3 Å². The topological polar surface area (TPSA) is 97.5 Å². The number of pyridine rings is 1. The fraction of sp³-hybridized carbons (Fsp3) is 0.280. The van der Waals surface area contributed by atoms with Crippen LogP contribution < -0.4 is 15.8 Å². The minimum absolute atomic E-state index is 0.104. The lowest BCUT2D eigenvalue weighted by Crippen LogP contribution is -2.41. The number of hydrogen-bond acceptors (Lipinski definition) is 5. The van der Waals surface area contributed by atoms with Crippen LogP contribution in [-0.2, 0) is 0 Å². The first kappa shape index (κ1) is 25.7. The van der Waals surface area contributed by atoms with Gasteiger partial charge in [-0.05, 0) is 48.7 Å². The lowest BCUT2D eigenvalue weighted by Gasteiger charge is -2.20. The average molecular weight is 506 g/mol. The Morgan fingerprint density at radius 3 is 2.44 bits per heavy atom. The number of aliphatic hydroxyl groups excluding tert-OH is 1. The Morgan fingerprint density at radius 2 is 1.82 bits per heavy atom. The second-order valence-electron chi connectivity index (χ2n) is 8.21. The molecular weight excluding hydrogens is 480 g/mol. The van der Waals surface area contributed by atoms with E-state index in [1.165, 1.54) is 12.1 Å². The number of nitrogens with zero attached hydrogens (tertiary/aromatic N) is 1. The molecule has 0 aliphatic carbocycles. The number of anilines is 1. The highest BCUT2D eigenvalue weighted by Gasteiger charge is 2.20. The van der Waals surface area contributed by atoms with Crippen molar-refractivity contribution in [2.24, 2.45) is 5.92 Å². The molecule has 6 nitrogen and oxygen atoms in total. The Bertz CT molecular complexity index is 1170. The summed E-state index contributed by atoms with van der Waals surface area (Å²) < 4.78 is 19.9. The molecule has 1 unspecified atom stereocenters. The van der Waals surface area contributed by atoms with Crippen molar-refractivity contribution in [1.29, 1.82) is 0 Å². The average Bonchev–Trinajstić information content (AvgIpc) is 2.81. The van der Waals surface area contributed by atoms with Gasteiger partial charge in [-0.1, -0.05) is 49.2 Å². The Morgan fingerprint density at radius 1 is 1.15 bits per heavy atom. The molecule has 34 heavy (non-hydrogen) atoms. The molecule has 2 atom stereocenters. The van der Waals surface area contributed by atoms with Crippen LogP contribution >= 0.6 is 23.2 Å². The van der Waals surface area contributed by atoms with E-state index in [0.29, 0.717) is 16.7 Å². The van der Waals surface area contributed by atoms with Crippen molar-refractivity contribution < 1.29 is 19.0 Å². The largest absolute Gasteiger partial charge is 0.482 e. The molecule has 9 heteroatoms. The molecule has 1 aromatic heterocycles. The van der Waals surface area contributed by atoms with E-state index in [1.807, 2.05) is 13.8 Å². The van der Waals surface area contributed by atoms with Crippen molar-refractivity contribution in [3.05, 3.63) is 75.7 Å². The predicted molar refractivity (Wildman–Crippen MR) is 133 cm³/mol. The zero-order valence-corrected chi connectivity index (χ0v) is 20.5. The summed E-state index contributed by atoms with van der Waals surface area (Å²) in [6, 6.07) is 10.9. The van der Waals surface area contributed by atoms with E-state index in [2.05, 4.69) is 10.3 Å². The predicted octanol–water partition coefficient (Wildman–Crippen LogP) is 5.66. The van der Waals surface area contributed by atoms with E-state index in [0.717, 1.165) is 5.56 Å². The molecule has 0 saturated carbocycles. The zero-order valence-electron chi connectivity index (χ0n) is 19.0. The summed E-state index contributed by atoms with van der Waals surface area (Å²) in [6.45, 7) is 5.40. The Hall–Kier alpha value is -2.87. The summed E-state index contributed by atoms with van der Waals surface area (Å²) in [5.74, 6) is -0.326. The van der Waals surface area contributed by atoms with Crippen molar-refractivity contribution in [3.63, 3.8) is 0 Å². The molecule has 2 aromatic carbocycles. The minimum atomic E-state index is -0.693. The highest BCUT2D eigenvalue weighted by molar-refractivity contribution is 6.36. The molecule has 0 bridgehead atoms. The summed E-state index contributed by atoms with van der Waals surface area (Å²) in [6.07, 6.45) is 0.895. The second kappa shape index (κ2) is 11.0. The maximum atomic E-state index is 13.9. The molecule has 0 aliphatic rings. The normalized spacial score (nSPS) is 12.9. The third-order valence-electron chi connectivity index (χ3n) is 5.47. The van der Waals surface area contributed by atoms with E-state index in [-0.39, 0.29) is 46.1 Å². The maximum absolute atomic E-state index is 13.9. The highest BCUT2D eigenvalue weighted by Crippen LogP contribution is 2.37. The third kappa shape index (κ3) is 5.78. The molecule has 0 saturated heterocycles. The van der Waals surface area contributed by atoms with Gasteiger partial charge in [-0.3, -0.25) is 4.79 Å². The van der Waals surface area contributed by atoms with Crippen LogP contribution in [0.25, 0.3) is 11.1 Å². The van der Waals surface area contributed by atoms with Crippen LogP contribution in [0.1, 0.15) is 42.8 Å². The standard InChI is InChI=1S/C25H26Cl2FN3O3/c1-13(2)20(12-32)31-25(33)16-6-4-15(5-7-16)17-10-21(24(29)30-11-17)34-14(3)22-18(26)8-9-19(28)23(22)27/h4-11,13-14,20,32H,12H2,1-3H3,(H2,29,30)(H,31,33)/t14?,20-/m1/s1. The van der Waals surface area contributed by atoms with E-state index < -0.39 is 11.9 Å². The number of aliphatic hydroxyl groups is 1. The van der Waals surface area contributed by atoms with Crippen molar-refractivity contribution in [3.8, 4) is 16.9 Å². The number of nitrogen functional groups attached to an aromatic ring is 1. The summed E-state index contributed by atoms with van der Waals surface area (Å²) in [5.41, 5.74) is 8.26. The molecule has 0 aliphatic heterocycles. The smallest absolute Gasteiger partial charge is 0.251 e. The molecule has 0 radical (unpaired) electrons. The number of aromatic nitrogens is 1. The third-order valence-corrected chi connectivity index (χ3v) is 6.18. The number of hydrogen-bond donors (Lipinski definition) is 3. The van der Waals surface area contributed by atoms with E-state index in [9.17, 15) is 14.3 Å². The van der Waals surface area contributed by atoms with Gasteiger partial charge < -0.3 is 20.9 Å². The summed E-state index contributed by atoms with van der Waals surface area (Å²) in [4.78, 5) is 16.7. The SMILES string of the molecule is CC(Oc1cc(-c2ccc(C(=O)N[C@H](CO)C(C)C)cc2)cnc1N)c1c(Cl)ccc(F)c1Cl. The Labute approximate surface area is 207 Å². The van der Waals surface area contributed by atoms with Crippen LogP contribution in [0, 0.1) is 11.7 Å². The minimum Gasteiger partial charge on any atom is -0.482 e. The number of halogens is 3. The first-order valence-electron chi connectivity index (χ1n) is 10.7. The molecule has 3 rings (SSSR count). The lowest BCUT2D eigenvalue weighted by molar-refractivity contribution is 0.0897. The van der Waals surface area contributed by atoms with Gasteiger partial charge in [0.05, 0.1) is 17.7 Å². The first-order chi connectivity index (χ1) is 16.1. The van der Waals surface area contributed by atoms with Gasteiger partial charge in [-0.25, -0.2) is 9.37 Å². The van der Waals surface area contributed by atoms with Crippen LogP contribution in [0.5, 0.6) is 5.75 Å². The van der Waals surface area contributed by atoms with E-state index in [4.69, 9.17) is 33.7 Å². The molecule has 0 spiro atoms. The number of amides is 1. The van der Waals surface area contributed by atoms with E-state index in [1.54, 1.807) is 43.5 Å². The number of ether oxygens (including phenoxy) is 1. The molecule has 3 aromatic rings. The molecule has 4 N–H and O–H groups in total. The van der Waals surface area contributed by atoms with Gasteiger partial charge >= 0.3 is 0 Å². The Balaban J connectivity index is 1.81. The quantitative estimate of drug-likeness (QED) is 0.343. The van der Waals surface area contributed by atoms with Gasteiger partial charge in [0.2, 0.25) is 0 Å². The molecule has 180 valence electrons. The maximum Gasteiger partial charge on any atom is 0.251 e. The number of rotatable bonds is 8. The van der Waals surface area contributed by atoms with Crippen molar-refractivity contribution >= 4 is 34.9 Å². The highest BCUT2D eigenvalue weighted by atomic mass is 35.5. The number of carbonyl (C=O) groups is 1.